The average Bonchev–Trinajstić information content (AvgIpc) is 2.30. The molecule has 0 aliphatic heterocycles. The molecule has 2 aromatic carbocycles. The van der Waals surface area contributed by atoms with E-state index in [0.717, 1.165) is 18.2 Å². The molecule has 4 heteroatoms. The molecule has 0 atom stereocenters. The first-order valence-corrected chi connectivity index (χ1v) is 4.82. The van der Waals surface area contributed by atoms with Gasteiger partial charge in [0.1, 0.15) is 17.5 Å². The van der Waals surface area contributed by atoms with Gasteiger partial charge in [-0.1, -0.05) is 6.07 Å². The molecule has 0 aromatic heterocycles. The molecular formula is C13H7F3O. The van der Waals surface area contributed by atoms with Gasteiger partial charge < -0.3 is 0 Å². The topological polar surface area (TPSA) is 17.1 Å². The van der Waals surface area contributed by atoms with Crippen molar-refractivity contribution in [3.63, 3.8) is 0 Å². The second-order valence-electron chi connectivity index (χ2n) is 3.47. The van der Waals surface area contributed by atoms with Gasteiger partial charge in [-0.2, -0.15) is 0 Å². The fourth-order valence-electron chi connectivity index (χ4n) is 1.58. The van der Waals surface area contributed by atoms with Crippen LogP contribution < -0.4 is 0 Å². The van der Waals surface area contributed by atoms with Crippen LogP contribution in [0, 0.1) is 17.5 Å². The number of hydrogen-bond donors (Lipinski definition) is 0. The highest BCUT2D eigenvalue weighted by Gasteiger charge is 2.11. The summed E-state index contributed by atoms with van der Waals surface area (Å²) in [4.78, 5) is 10.8. The Labute approximate surface area is 95.5 Å². The van der Waals surface area contributed by atoms with E-state index in [9.17, 15) is 18.0 Å². The minimum atomic E-state index is -0.792. The van der Waals surface area contributed by atoms with Crippen LogP contribution in [0.3, 0.4) is 0 Å². The molecule has 86 valence electrons. The molecule has 0 spiro atoms. The lowest BCUT2D eigenvalue weighted by Crippen LogP contribution is -1.92. The Balaban J connectivity index is 2.63. The molecule has 0 aliphatic carbocycles. The molecule has 0 saturated heterocycles. The molecule has 2 rings (SSSR count). The van der Waals surface area contributed by atoms with Crippen LogP contribution in [0.5, 0.6) is 0 Å². The zero-order chi connectivity index (χ0) is 12.4. The molecule has 17 heavy (non-hydrogen) atoms. The summed E-state index contributed by atoms with van der Waals surface area (Å²) in [6.45, 7) is 0. The van der Waals surface area contributed by atoms with Gasteiger partial charge in [0.15, 0.2) is 6.29 Å². The molecule has 0 aliphatic rings. The lowest BCUT2D eigenvalue weighted by molar-refractivity contribution is 0.112. The molecule has 0 fully saturated rings. The van der Waals surface area contributed by atoms with Gasteiger partial charge in [-0.3, -0.25) is 4.79 Å². The second-order valence-corrected chi connectivity index (χ2v) is 3.47. The average molecular weight is 236 g/mol. The van der Waals surface area contributed by atoms with E-state index in [1.54, 1.807) is 0 Å². The van der Waals surface area contributed by atoms with Crippen molar-refractivity contribution >= 4 is 6.29 Å². The van der Waals surface area contributed by atoms with Crippen LogP contribution in [0.15, 0.2) is 36.4 Å². The Morgan fingerprint density at radius 2 is 1.41 bits per heavy atom. The van der Waals surface area contributed by atoms with Gasteiger partial charge in [0.2, 0.25) is 0 Å². The summed E-state index contributed by atoms with van der Waals surface area (Å²) in [5, 5.41) is 0. The molecule has 0 unspecified atom stereocenters. The minimum absolute atomic E-state index is 0.0236. The first kappa shape index (κ1) is 11.4. The predicted octanol–water partition coefficient (Wildman–Crippen LogP) is 3.58. The number of carbonyl (C=O) groups is 1. The molecule has 0 bridgehead atoms. The van der Waals surface area contributed by atoms with Crippen molar-refractivity contribution in [3.05, 3.63) is 59.4 Å². The number of halogens is 3. The van der Waals surface area contributed by atoms with Crippen molar-refractivity contribution in [2.45, 2.75) is 0 Å². The molecule has 0 radical (unpaired) electrons. The zero-order valence-electron chi connectivity index (χ0n) is 8.58. The molecule has 2 aromatic rings. The molecule has 0 amide bonds. The van der Waals surface area contributed by atoms with E-state index in [2.05, 4.69) is 0 Å². The fraction of sp³-hybridized carbons (Fsp3) is 0. The number of aldehydes is 1. The van der Waals surface area contributed by atoms with Gasteiger partial charge >= 0.3 is 0 Å². The van der Waals surface area contributed by atoms with Gasteiger partial charge in [0.05, 0.1) is 0 Å². The van der Waals surface area contributed by atoms with Crippen LogP contribution in [0.2, 0.25) is 0 Å². The van der Waals surface area contributed by atoms with E-state index < -0.39 is 17.5 Å². The van der Waals surface area contributed by atoms with E-state index in [0.29, 0.717) is 12.4 Å². The highest BCUT2D eigenvalue weighted by Crippen LogP contribution is 2.26. The van der Waals surface area contributed by atoms with Gasteiger partial charge in [0, 0.05) is 17.2 Å². The summed E-state index contributed by atoms with van der Waals surface area (Å²) < 4.78 is 39.1. The summed E-state index contributed by atoms with van der Waals surface area (Å²) in [6.07, 6.45) is 0.432. The third kappa shape index (κ3) is 2.20. The van der Waals surface area contributed by atoms with E-state index in [4.69, 9.17) is 0 Å². The van der Waals surface area contributed by atoms with Crippen molar-refractivity contribution in [1.82, 2.24) is 0 Å². The quantitative estimate of drug-likeness (QED) is 0.728. The monoisotopic (exact) mass is 236 g/mol. The zero-order valence-corrected chi connectivity index (χ0v) is 8.58. The van der Waals surface area contributed by atoms with Gasteiger partial charge in [-0.15, -0.1) is 0 Å². The first-order chi connectivity index (χ1) is 8.11. The summed E-state index contributed by atoms with van der Waals surface area (Å²) in [5.74, 6) is -2.08. The lowest BCUT2D eigenvalue weighted by Gasteiger charge is -2.06. The Bertz CT molecular complexity index is 579. The Kier molecular flexibility index (Phi) is 2.95. The number of benzene rings is 2. The Morgan fingerprint density at radius 3 is 2.00 bits per heavy atom. The molecule has 1 nitrogen and oxygen atoms in total. The van der Waals surface area contributed by atoms with Gasteiger partial charge in [-0.25, -0.2) is 13.2 Å². The SMILES string of the molecule is O=Cc1cc(F)ccc1-c1ccc(F)cc1F. The highest BCUT2D eigenvalue weighted by molar-refractivity contribution is 5.87. The number of carbonyl (C=O) groups excluding carboxylic acids is 1. The largest absolute Gasteiger partial charge is 0.298 e. The summed E-state index contributed by atoms with van der Waals surface area (Å²) in [5.41, 5.74) is 0.322. The molecule has 0 saturated carbocycles. The summed E-state index contributed by atoms with van der Waals surface area (Å²) in [6, 6.07) is 6.42. The van der Waals surface area contributed by atoms with Crippen molar-refractivity contribution in [2.24, 2.45) is 0 Å². The van der Waals surface area contributed by atoms with Crippen molar-refractivity contribution < 1.29 is 18.0 Å². The van der Waals surface area contributed by atoms with Crippen LogP contribution in [-0.2, 0) is 0 Å². The van der Waals surface area contributed by atoms with Crippen LogP contribution >= 0.6 is 0 Å². The fourth-order valence-corrected chi connectivity index (χ4v) is 1.58. The van der Waals surface area contributed by atoms with Crippen molar-refractivity contribution in [1.29, 1.82) is 0 Å². The molecule has 0 N–H and O–H groups in total. The lowest BCUT2D eigenvalue weighted by atomic mass is 10.00. The highest BCUT2D eigenvalue weighted by atomic mass is 19.1. The van der Waals surface area contributed by atoms with Crippen LogP contribution in [-0.4, -0.2) is 6.29 Å². The number of rotatable bonds is 2. The summed E-state index contributed by atoms with van der Waals surface area (Å²) >= 11 is 0. The number of hydrogen-bond acceptors (Lipinski definition) is 1. The van der Waals surface area contributed by atoms with E-state index in [-0.39, 0.29) is 16.7 Å². The van der Waals surface area contributed by atoms with Gasteiger partial charge in [0.25, 0.3) is 0 Å². The first-order valence-electron chi connectivity index (χ1n) is 4.82. The molecule has 0 heterocycles. The standard InChI is InChI=1S/C13H7F3O/c14-9-1-3-11(8(5-9)7-17)12-4-2-10(15)6-13(12)16/h1-7H. The van der Waals surface area contributed by atoms with E-state index in [1.807, 2.05) is 0 Å². The summed E-state index contributed by atoms with van der Waals surface area (Å²) in [7, 11) is 0. The predicted molar refractivity (Wildman–Crippen MR) is 57.1 cm³/mol. The Morgan fingerprint density at radius 1 is 0.824 bits per heavy atom. The van der Waals surface area contributed by atoms with Crippen molar-refractivity contribution in [2.75, 3.05) is 0 Å². The maximum absolute atomic E-state index is 13.5. The third-order valence-corrected chi connectivity index (χ3v) is 2.36. The minimum Gasteiger partial charge on any atom is -0.298 e. The van der Waals surface area contributed by atoms with Crippen LogP contribution in [0.25, 0.3) is 11.1 Å². The third-order valence-electron chi connectivity index (χ3n) is 2.36. The van der Waals surface area contributed by atoms with Crippen molar-refractivity contribution in [3.8, 4) is 11.1 Å². The normalized spacial score (nSPS) is 10.3. The smallest absolute Gasteiger partial charge is 0.150 e. The van der Waals surface area contributed by atoms with Crippen LogP contribution in [0.1, 0.15) is 10.4 Å². The molecular weight excluding hydrogens is 229 g/mol. The van der Waals surface area contributed by atoms with E-state index >= 15 is 0 Å². The van der Waals surface area contributed by atoms with E-state index in [1.165, 1.54) is 12.1 Å². The second kappa shape index (κ2) is 4.41. The van der Waals surface area contributed by atoms with Crippen LogP contribution in [0.4, 0.5) is 13.2 Å². The Hall–Kier alpha value is -2.10. The maximum Gasteiger partial charge on any atom is 0.150 e. The maximum atomic E-state index is 13.5. The van der Waals surface area contributed by atoms with Gasteiger partial charge in [-0.05, 0) is 29.8 Å².